The van der Waals surface area contributed by atoms with Crippen LogP contribution in [0.1, 0.15) is 20.8 Å². The second-order valence-corrected chi connectivity index (χ2v) is 4.08. The van der Waals surface area contributed by atoms with Crippen molar-refractivity contribution in [2.24, 2.45) is 5.92 Å². The number of anilines is 1. The van der Waals surface area contributed by atoms with Crippen molar-refractivity contribution in [1.82, 2.24) is 9.97 Å². The third-order valence-electron chi connectivity index (χ3n) is 1.96. The van der Waals surface area contributed by atoms with Gasteiger partial charge in [0.15, 0.2) is 11.6 Å². The molecule has 1 aromatic rings. The van der Waals surface area contributed by atoms with Gasteiger partial charge in [0.25, 0.3) is 0 Å². The molecule has 0 spiro atoms. The summed E-state index contributed by atoms with van der Waals surface area (Å²) < 4.78 is 13.4. The van der Waals surface area contributed by atoms with Gasteiger partial charge >= 0.3 is 0 Å². The molecule has 0 saturated carbocycles. The topological polar surface area (TPSA) is 29.0 Å². The number of halogens is 2. The second kappa shape index (κ2) is 5.26. The van der Waals surface area contributed by atoms with Crippen LogP contribution >= 0.6 is 11.6 Å². The molecule has 0 unspecified atom stereocenters. The molecule has 1 aromatic heterocycles. The Kier molecular flexibility index (Phi) is 4.27. The van der Waals surface area contributed by atoms with Gasteiger partial charge in [-0.05, 0) is 24.4 Å². The molecule has 1 rings (SSSR count). The van der Waals surface area contributed by atoms with Crippen LogP contribution in [-0.2, 0) is 0 Å². The first-order valence-electron chi connectivity index (χ1n) is 4.97. The summed E-state index contributed by atoms with van der Waals surface area (Å²) in [6.45, 7) is 7.55. The average Bonchev–Trinajstić information content (AvgIpc) is 2.18. The maximum Gasteiger partial charge on any atom is 0.224 e. The molecule has 0 bridgehead atoms. The molecule has 0 N–H and O–H groups in total. The van der Waals surface area contributed by atoms with Crippen molar-refractivity contribution in [3.8, 4) is 0 Å². The number of hydrogen-bond acceptors (Lipinski definition) is 3. The van der Waals surface area contributed by atoms with Crippen LogP contribution in [0.3, 0.4) is 0 Å². The molecule has 0 aliphatic rings. The number of nitrogens with zero attached hydrogens (tertiary/aromatic N) is 3. The highest BCUT2D eigenvalue weighted by Crippen LogP contribution is 2.18. The van der Waals surface area contributed by atoms with E-state index in [1.807, 2.05) is 11.8 Å². The molecule has 0 radical (unpaired) electrons. The van der Waals surface area contributed by atoms with Gasteiger partial charge in [-0.25, -0.2) is 9.37 Å². The summed E-state index contributed by atoms with van der Waals surface area (Å²) in [5.41, 5.74) is 0. The maximum atomic E-state index is 13.4. The van der Waals surface area contributed by atoms with Crippen LogP contribution in [0, 0.1) is 11.7 Å². The van der Waals surface area contributed by atoms with Gasteiger partial charge in [0.1, 0.15) is 0 Å². The molecule has 84 valence electrons. The van der Waals surface area contributed by atoms with Crippen LogP contribution in [-0.4, -0.2) is 23.1 Å². The molecular weight excluding hydrogens is 217 g/mol. The number of hydrogen-bond donors (Lipinski definition) is 0. The first-order chi connectivity index (χ1) is 7.04. The summed E-state index contributed by atoms with van der Waals surface area (Å²) in [6, 6.07) is 0. The van der Waals surface area contributed by atoms with Crippen molar-refractivity contribution in [2.75, 3.05) is 18.0 Å². The zero-order valence-corrected chi connectivity index (χ0v) is 9.92. The fourth-order valence-corrected chi connectivity index (χ4v) is 1.49. The highest BCUT2D eigenvalue weighted by molar-refractivity contribution is 6.28. The standard InChI is InChI=1S/C10H15ClFN3/c1-4-15(6-7(2)3)9-8(12)5-13-10(11)14-9/h5,7H,4,6H2,1-3H3. The van der Waals surface area contributed by atoms with E-state index in [1.165, 1.54) is 0 Å². The molecule has 3 nitrogen and oxygen atoms in total. The van der Waals surface area contributed by atoms with Gasteiger partial charge in [0.05, 0.1) is 6.20 Å². The van der Waals surface area contributed by atoms with Crippen molar-refractivity contribution >= 4 is 17.4 Å². The highest BCUT2D eigenvalue weighted by atomic mass is 35.5. The van der Waals surface area contributed by atoms with E-state index in [1.54, 1.807) is 0 Å². The van der Waals surface area contributed by atoms with Gasteiger partial charge in [0, 0.05) is 13.1 Å². The van der Waals surface area contributed by atoms with E-state index in [0.29, 0.717) is 12.5 Å². The van der Waals surface area contributed by atoms with Gasteiger partial charge in [-0.1, -0.05) is 13.8 Å². The minimum atomic E-state index is -0.429. The number of aromatic nitrogens is 2. The van der Waals surface area contributed by atoms with Crippen molar-refractivity contribution in [1.29, 1.82) is 0 Å². The molecule has 0 aliphatic carbocycles. The van der Waals surface area contributed by atoms with E-state index in [9.17, 15) is 4.39 Å². The van der Waals surface area contributed by atoms with Crippen LogP contribution in [0.2, 0.25) is 5.28 Å². The summed E-state index contributed by atoms with van der Waals surface area (Å²) in [4.78, 5) is 9.34. The SMILES string of the molecule is CCN(CC(C)C)c1nc(Cl)ncc1F. The Morgan fingerprint density at radius 1 is 1.53 bits per heavy atom. The van der Waals surface area contributed by atoms with Gasteiger partial charge < -0.3 is 4.90 Å². The molecule has 5 heteroatoms. The van der Waals surface area contributed by atoms with Crippen LogP contribution in [0.25, 0.3) is 0 Å². The van der Waals surface area contributed by atoms with Crippen molar-refractivity contribution in [3.05, 3.63) is 17.3 Å². The highest BCUT2D eigenvalue weighted by Gasteiger charge is 2.14. The first kappa shape index (κ1) is 12.2. The fourth-order valence-electron chi connectivity index (χ4n) is 1.37. The van der Waals surface area contributed by atoms with Gasteiger partial charge in [-0.2, -0.15) is 4.98 Å². The summed E-state index contributed by atoms with van der Waals surface area (Å²) in [5, 5.41) is 0.0774. The summed E-state index contributed by atoms with van der Waals surface area (Å²) in [7, 11) is 0. The van der Waals surface area contributed by atoms with E-state index in [-0.39, 0.29) is 11.1 Å². The Morgan fingerprint density at radius 2 is 2.20 bits per heavy atom. The minimum absolute atomic E-state index is 0.0774. The Labute approximate surface area is 94.3 Å². The summed E-state index contributed by atoms with van der Waals surface area (Å²) in [5.74, 6) is 0.297. The lowest BCUT2D eigenvalue weighted by molar-refractivity contribution is 0.573. The van der Waals surface area contributed by atoms with E-state index in [2.05, 4.69) is 23.8 Å². The third-order valence-corrected chi connectivity index (χ3v) is 2.15. The molecule has 0 fully saturated rings. The average molecular weight is 232 g/mol. The zero-order valence-electron chi connectivity index (χ0n) is 9.17. The third kappa shape index (κ3) is 3.30. The minimum Gasteiger partial charge on any atom is -0.354 e. The normalized spacial score (nSPS) is 10.8. The zero-order chi connectivity index (χ0) is 11.4. The Balaban J connectivity index is 2.95. The maximum absolute atomic E-state index is 13.4. The monoisotopic (exact) mass is 231 g/mol. The molecule has 0 saturated heterocycles. The summed E-state index contributed by atoms with van der Waals surface area (Å²) in [6.07, 6.45) is 1.10. The lowest BCUT2D eigenvalue weighted by Crippen LogP contribution is -2.29. The van der Waals surface area contributed by atoms with Crippen molar-refractivity contribution in [3.63, 3.8) is 0 Å². The van der Waals surface area contributed by atoms with Crippen molar-refractivity contribution in [2.45, 2.75) is 20.8 Å². The predicted octanol–water partition coefficient (Wildman–Crippen LogP) is 2.75. The van der Waals surface area contributed by atoms with Gasteiger partial charge in [0.2, 0.25) is 5.28 Å². The molecule has 0 atom stereocenters. The van der Waals surface area contributed by atoms with Crippen LogP contribution < -0.4 is 4.90 Å². The Hall–Kier alpha value is -0.900. The van der Waals surface area contributed by atoms with E-state index >= 15 is 0 Å². The smallest absolute Gasteiger partial charge is 0.224 e. The largest absolute Gasteiger partial charge is 0.354 e. The molecule has 1 heterocycles. The molecule has 0 aromatic carbocycles. The van der Waals surface area contributed by atoms with Crippen molar-refractivity contribution < 1.29 is 4.39 Å². The summed E-state index contributed by atoms with van der Waals surface area (Å²) >= 11 is 5.64. The second-order valence-electron chi connectivity index (χ2n) is 3.74. The molecule has 0 amide bonds. The van der Waals surface area contributed by atoms with E-state index in [0.717, 1.165) is 12.7 Å². The van der Waals surface area contributed by atoms with Crippen LogP contribution in [0.5, 0.6) is 0 Å². The first-order valence-corrected chi connectivity index (χ1v) is 5.35. The molecular formula is C10H15ClFN3. The number of rotatable bonds is 4. The fraction of sp³-hybridized carbons (Fsp3) is 0.600. The quantitative estimate of drug-likeness (QED) is 0.747. The lowest BCUT2D eigenvalue weighted by Gasteiger charge is -2.24. The lowest BCUT2D eigenvalue weighted by atomic mass is 10.2. The van der Waals surface area contributed by atoms with E-state index < -0.39 is 5.82 Å². The van der Waals surface area contributed by atoms with Crippen LogP contribution in [0.4, 0.5) is 10.2 Å². The van der Waals surface area contributed by atoms with E-state index in [4.69, 9.17) is 11.6 Å². The van der Waals surface area contributed by atoms with Gasteiger partial charge in [-0.3, -0.25) is 0 Å². The Morgan fingerprint density at radius 3 is 2.73 bits per heavy atom. The van der Waals surface area contributed by atoms with Crippen LogP contribution in [0.15, 0.2) is 6.20 Å². The molecule has 15 heavy (non-hydrogen) atoms. The predicted molar refractivity (Wildman–Crippen MR) is 59.7 cm³/mol. The molecule has 0 aliphatic heterocycles. The van der Waals surface area contributed by atoms with Gasteiger partial charge in [-0.15, -0.1) is 0 Å². The Bertz CT molecular complexity index is 330.